The van der Waals surface area contributed by atoms with Crippen LogP contribution in [0.3, 0.4) is 0 Å². The molecule has 5 atom stereocenters. The normalized spacial score (nSPS) is 25.7. The summed E-state index contributed by atoms with van der Waals surface area (Å²) in [5.41, 5.74) is 0.453. The highest BCUT2D eigenvalue weighted by atomic mass is 16.5. The highest BCUT2D eigenvalue weighted by molar-refractivity contribution is 5.99. The number of benzene rings is 1. The smallest absolute Gasteiger partial charge is 0.250 e. The van der Waals surface area contributed by atoms with Crippen LogP contribution >= 0.6 is 0 Å². The zero-order valence-corrected chi connectivity index (χ0v) is 25.1. The maximum absolute atomic E-state index is 14.6. The van der Waals surface area contributed by atoms with E-state index in [0.29, 0.717) is 45.3 Å². The largest absolute Gasteiger partial charge is 0.396 e. The van der Waals surface area contributed by atoms with Crippen LogP contribution in [0.25, 0.3) is 11.0 Å². The molecule has 11 nitrogen and oxygen atoms in total. The molecule has 0 saturated carbocycles. The number of carbonyl (C=O) groups is 3. The molecule has 1 aromatic heterocycles. The zero-order chi connectivity index (χ0) is 30.6. The van der Waals surface area contributed by atoms with Gasteiger partial charge in [0, 0.05) is 32.8 Å². The van der Waals surface area contributed by atoms with Crippen LogP contribution < -0.4 is 0 Å². The molecule has 3 fully saturated rings. The van der Waals surface area contributed by atoms with Crippen molar-refractivity contribution >= 4 is 28.8 Å². The first-order chi connectivity index (χ1) is 20.9. The van der Waals surface area contributed by atoms with Crippen molar-refractivity contribution in [3.8, 4) is 0 Å². The number of aliphatic hydroxyl groups excluding tert-OH is 1. The lowest BCUT2D eigenvalue weighted by atomic mass is 9.70. The fraction of sp³-hybridized carbons (Fsp3) is 0.594. The standard InChI is InChI=1S/C32H44N6O5/c1-4-17-35(18-5-2)29(40)26-25-15-16-32(43-25)27(26)30(41)37(20-11-7-8-12-21-39)28(32)31(42)36(19-6-3)22-38-24-14-10-9-13-23(24)33-34-38/h4,6,9-10,13-14,25-28,39H,1,3,5,7-8,11-12,15-22H2,2H3/t25-,26+,27-,28?,32?/m0/s1. The van der Waals surface area contributed by atoms with Crippen LogP contribution in [0.5, 0.6) is 0 Å². The van der Waals surface area contributed by atoms with Gasteiger partial charge in [0.25, 0.3) is 0 Å². The molecule has 2 bridgehead atoms. The number of amides is 3. The Morgan fingerprint density at radius 1 is 1.12 bits per heavy atom. The fourth-order valence-electron chi connectivity index (χ4n) is 7.36. The van der Waals surface area contributed by atoms with Crippen LogP contribution in [0.4, 0.5) is 0 Å². The van der Waals surface area contributed by atoms with Gasteiger partial charge in [-0.05, 0) is 44.2 Å². The van der Waals surface area contributed by atoms with Gasteiger partial charge in [0.05, 0.1) is 23.5 Å². The van der Waals surface area contributed by atoms with E-state index < -0.39 is 29.6 Å². The molecule has 3 saturated heterocycles. The van der Waals surface area contributed by atoms with Crippen molar-refractivity contribution in [2.24, 2.45) is 11.8 Å². The molecule has 4 heterocycles. The molecule has 11 heteroatoms. The number of ether oxygens (including phenoxy) is 1. The fourth-order valence-corrected chi connectivity index (χ4v) is 7.36. The Kier molecular flexibility index (Phi) is 9.61. The number of rotatable bonds is 16. The van der Waals surface area contributed by atoms with E-state index in [0.717, 1.165) is 30.3 Å². The van der Waals surface area contributed by atoms with Gasteiger partial charge < -0.3 is 24.5 Å². The third-order valence-electron chi connectivity index (χ3n) is 9.17. The Hall–Kier alpha value is -3.57. The van der Waals surface area contributed by atoms with Crippen LogP contribution in [0.15, 0.2) is 49.6 Å². The maximum Gasteiger partial charge on any atom is 0.250 e. The van der Waals surface area contributed by atoms with Crippen molar-refractivity contribution in [1.82, 2.24) is 29.7 Å². The summed E-state index contributed by atoms with van der Waals surface area (Å²) >= 11 is 0. The topological polar surface area (TPSA) is 121 Å². The summed E-state index contributed by atoms with van der Waals surface area (Å²) in [5.74, 6) is -1.86. The second kappa shape index (κ2) is 13.4. The van der Waals surface area contributed by atoms with E-state index >= 15 is 0 Å². The Balaban J connectivity index is 1.48. The highest BCUT2D eigenvalue weighted by Crippen LogP contribution is 2.59. The lowest BCUT2D eigenvalue weighted by Crippen LogP contribution is -2.56. The van der Waals surface area contributed by atoms with Crippen molar-refractivity contribution in [2.45, 2.75) is 76.3 Å². The molecule has 5 rings (SSSR count). The van der Waals surface area contributed by atoms with E-state index in [1.54, 1.807) is 31.5 Å². The molecule has 3 aliphatic heterocycles. The first-order valence-corrected chi connectivity index (χ1v) is 15.6. The van der Waals surface area contributed by atoms with Crippen LogP contribution in [0, 0.1) is 11.8 Å². The monoisotopic (exact) mass is 592 g/mol. The molecule has 3 amide bonds. The van der Waals surface area contributed by atoms with Gasteiger partial charge in [-0.3, -0.25) is 14.4 Å². The molecule has 43 heavy (non-hydrogen) atoms. The molecule has 3 aliphatic rings. The zero-order valence-electron chi connectivity index (χ0n) is 25.1. The van der Waals surface area contributed by atoms with Crippen LogP contribution in [0.2, 0.25) is 0 Å². The van der Waals surface area contributed by atoms with Crippen molar-refractivity contribution in [3.63, 3.8) is 0 Å². The quantitative estimate of drug-likeness (QED) is 0.235. The average molecular weight is 593 g/mol. The Labute approximate surface area is 253 Å². The summed E-state index contributed by atoms with van der Waals surface area (Å²) in [6.45, 7) is 11.6. The Bertz CT molecular complexity index is 1340. The van der Waals surface area contributed by atoms with E-state index in [1.165, 1.54) is 0 Å². The summed E-state index contributed by atoms with van der Waals surface area (Å²) in [5, 5.41) is 17.7. The number of carbonyl (C=O) groups excluding carboxylic acids is 3. The van der Waals surface area contributed by atoms with Crippen LogP contribution in [-0.4, -0.2) is 103 Å². The Morgan fingerprint density at radius 2 is 1.86 bits per heavy atom. The number of fused-ring (bicyclic) bond motifs is 2. The third-order valence-corrected chi connectivity index (χ3v) is 9.17. The van der Waals surface area contributed by atoms with Gasteiger partial charge in [-0.25, -0.2) is 4.68 Å². The minimum atomic E-state index is -1.07. The molecule has 0 radical (unpaired) electrons. The minimum Gasteiger partial charge on any atom is -0.396 e. The highest BCUT2D eigenvalue weighted by Gasteiger charge is 2.74. The first kappa shape index (κ1) is 30.9. The van der Waals surface area contributed by atoms with Gasteiger partial charge in [0.2, 0.25) is 17.7 Å². The van der Waals surface area contributed by atoms with Crippen molar-refractivity contribution in [3.05, 3.63) is 49.6 Å². The summed E-state index contributed by atoms with van der Waals surface area (Å²) < 4.78 is 8.34. The molecule has 232 valence electrons. The van der Waals surface area contributed by atoms with Gasteiger partial charge >= 0.3 is 0 Å². The SMILES string of the molecule is C=CCN(Cn1nnc2ccccc21)C(=O)C1N(CCCCCCO)C(=O)[C@@H]2[C@H](C(=O)N(CC=C)CCC)[C@@H]3CCC12O3. The molecular formula is C32H44N6O5. The third kappa shape index (κ3) is 5.60. The Morgan fingerprint density at radius 3 is 2.60 bits per heavy atom. The van der Waals surface area contributed by atoms with E-state index in [9.17, 15) is 19.5 Å². The lowest BCUT2D eigenvalue weighted by Gasteiger charge is -2.37. The predicted octanol–water partition coefficient (Wildman–Crippen LogP) is 2.76. The number of aromatic nitrogens is 3. The number of hydrogen-bond acceptors (Lipinski definition) is 7. The van der Waals surface area contributed by atoms with Crippen molar-refractivity contribution in [1.29, 1.82) is 0 Å². The lowest BCUT2D eigenvalue weighted by molar-refractivity contribution is -0.149. The van der Waals surface area contributed by atoms with Gasteiger partial charge in [-0.2, -0.15) is 0 Å². The summed E-state index contributed by atoms with van der Waals surface area (Å²) in [6.07, 6.45) is 7.96. The molecule has 2 aromatic rings. The summed E-state index contributed by atoms with van der Waals surface area (Å²) in [7, 11) is 0. The maximum atomic E-state index is 14.6. The summed E-state index contributed by atoms with van der Waals surface area (Å²) in [6, 6.07) is 6.70. The van der Waals surface area contributed by atoms with Crippen molar-refractivity contribution < 1.29 is 24.2 Å². The molecule has 0 aliphatic carbocycles. The van der Waals surface area contributed by atoms with Gasteiger partial charge in [-0.15, -0.1) is 18.3 Å². The predicted molar refractivity (Wildman–Crippen MR) is 161 cm³/mol. The first-order valence-electron chi connectivity index (χ1n) is 15.6. The number of unbranched alkanes of at least 4 members (excludes halogenated alkanes) is 3. The molecular weight excluding hydrogens is 548 g/mol. The van der Waals surface area contributed by atoms with E-state index in [-0.39, 0.29) is 37.5 Å². The van der Waals surface area contributed by atoms with Crippen LogP contribution in [-0.2, 0) is 25.8 Å². The van der Waals surface area contributed by atoms with Gasteiger partial charge in [-0.1, -0.05) is 49.3 Å². The second-order valence-electron chi connectivity index (χ2n) is 11.9. The molecule has 1 N–H and O–H groups in total. The summed E-state index contributed by atoms with van der Waals surface area (Å²) in [4.78, 5) is 48.0. The number of para-hydroxylation sites is 1. The molecule has 1 aromatic carbocycles. The van der Waals surface area contributed by atoms with E-state index in [4.69, 9.17) is 4.74 Å². The second-order valence-corrected chi connectivity index (χ2v) is 11.9. The van der Waals surface area contributed by atoms with Crippen LogP contribution in [0.1, 0.15) is 51.9 Å². The van der Waals surface area contributed by atoms with Gasteiger partial charge in [0.1, 0.15) is 23.8 Å². The van der Waals surface area contributed by atoms with Gasteiger partial charge in [0.15, 0.2) is 0 Å². The van der Waals surface area contributed by atoms with E-state index in [1.807, 2.05) is 31.2 Å². The molecule has 2 unspecified atom stereocenters. The van der Waals surface area contributed by atoms with E-state index in [2.05, 4.69) is 23.5 Å². The molecule has 1 spiro atoms. The number of likely N-dealkylation sites (tertiary alicyclic amines) is 1. The number of hydrogen-bond donors (Lipinski definition) is 1. The number of aliphatic hydroxyl groups is 1. The minimum absolute atomic E-state index is 0.0975. The number of nitrogens with zero attached hydrogens (tertiary/aromatic N) is 6. The van der Waals surface area contributed by atoms with Crippen molar-refractivity contribution in [2.75, 3.05) is 32.8 Å². The average Bonchev–Trinajstić information content (AvgIpc) is 3.76.